The zero-order valence-electron chi connectivity index (χ0n) is 13.7. The number of amides is 1. The maximum atomic E-state index is 12.2. The van der Waals surface area contributed by atoms with E-state index in [0.717, 1.165) is 11.3 Å². The summed E-state index contributed by atoms with van der Waals surface area (Å²) in [7, 11) is 0. The maximum absolute atomic E-state index is 12.2. The number of imidazole rings is 1. The number of carbonyl (C=O) groups excluding carboxylic acids is 1. The van der Waals surface area contributed by atoms with Crippen LogP contribution in [0.25, 0.3) is 5.69 Å². The van der Waals surface area contributed by atoms with Gasteiger partial charge in [0.05, 0.1) is 18.1 Å². The number of aromatic nitrogens is 2. The predicted molar refractivity (Wildman–Crippen MR) is 97.1 cm³/mol. The summed E-state index contributed by atoms with van der Waals surface area (Å²) < 4.78 is 7.53. The average molecular weight is 356 g/mol. The summed E-state index contributed by atoms with van der Waals surface area (Å²) in [4.78, 5) is 16.2. The van der Waals surface area contributed by atoms with E-state index >= 15 is 0 Å². The number of rotatable bonds is 6. The highest BCUT2D eigenvalue weighted by Gasteiger charge is 2.13. The van der Waals surface area contributed by atoms with Crippen LogP contribution in [0.2, 0.25) is 5.02 Å². The molecule has 0 aliphatic rings. The van der Waals surface area contributed by atoms with Crippen molar-refractivity contribution in [3.8, 4) is 11.4 Å². The van der Waals surface area contributed by atoms with Crippen LogP contribution in [0.15, 0.2) is 67.3 Å². The summed E-state index contributed by atoms with van der Waals surface area (Å²) in [6.45, 7) is 1.80. The van der Waals surface area contributed by atoms with Crippen molar-refractivity contribution >= 4 is 17.5 Å². The molecule has 2 aromatic carbocycles. The molecule has 1 atom stereocenters. The Morgan fingerprint density at radius 1 is 1.24 bits per heavy atom. The molecule has 1 unspecified atom stereocenters. The first-order valence-corrected chi connectivity index (χ1v) is 8.27. The minimum absolute atomic E-state index is 0.0828. The van der Waals surface area contributed by atoms with Crippen molar-refractivity contribution in [1.82, 2.24) is 14.9 Å². The Hall–Kier alpha value is -2.79. The Balaban J connectivity index is 1.63. The third kappa shape index (κ3) is 4.19. The quantitative estimate of drug-likeness (QED) is 0.732. The van der Waals surface area contributed by atoms with Gasteiger partial charge < -0.3 is 14.6 Å². The molecule has 3 rings (SSSR count). The number of para-hydroxylation sites is 2. The first-order chi connectivity index (χ1) is 12.1. The van der Waals surface area contributed by atoms with Crippen LogP contribution in [0.4, 0.5) is 0 Å². The fourth-order valence-corrected chi connectivity index (χ4v) is 2.82. The summed E-state index contributed by atoms with van der Waals surface area (Å²) in [5, 5.41) is 3.52. The number of hydrogen-bond acceptors (Lipinski definition) is 3. The number of carbonyl (C=O) groups is 1. The van der Waals surface area contributed by atoms with Crippen LogP contribution in [-0.2, 0) is 4.79 Å². The minimum atomic E-state index is -0.215. The largest absolute Gasteiger partial charge is 0.482 e. The molecule has 1 aromatic heterocycles. The van der Waals surface area contributed by atoms with Crippen LogP contribution in [0.5, 0.6) is 5.75 Å². The van der Waals surface area contributed by atoms with E-state index in [1.165, 1.54) is 0 Å². The van der Waals surface area contributed by atoms with Crippen LogP contribution in [0.1, 0.15) is 18.5 Å². The van der Waals surface area contributed by atoms with Crippen molar-refractivity contribution in [2.45, 2.75) is 13.0 Å². The highest BCUT2D eigenvalue weighted by molar-refractivity contribution is 6.31. The lowest BCUT2D eigenvalue weighted by Gasteiger charge is -2.16. The van der Waals surface area contributed by atoms with Gasteiger partial charge in [0.25, 0.3) is 5.91 Å². The average Bonchev–Trinajstić information content (AvgIpc) is 3.15. The van der Waals surface area contributed by atoms with Crippen molar-refractivity contribution in [2.24, 2.45) is 0 Å². The zero-order valence-corrected chi connectivity index (χ0v) is 14.5. The van der Waals surface area contributed by atoms with Crippen molar-refractivity contribution < 1.29 is 9.53 Å². The van der Waals surface area contributed by atoms with Crippen molar-refractivity contribution in [3.63, 3.8) is 0 Å². The highest BCUT2D eigenvalue weighted by Crippen LogP contribution is 2.23. The van der Waals surface area contributed by atoms with Gasteiger partial charge in [0.15, 0.2) is 6.61 Å². The lowest BCUT2D eigenvalue weighted by molar-refractivity contribution is -0.123. The van der Waals surface area contributed by atoms with Gasteiger partial charge in [0.2, 0.25) is 0 Å². The highest BCUT2D eigenvalue weighted by atomic mass is 35.5. The summed E-state index contributed by atoms with van der Waals surface area (Å²) in [5.74, 6) is 0.397. The van der Waals surface area contributed by atoms with Gasteiger partial charge in [-0.25, -0.2) is 4.98 Å². The fourth-order valence-electron chi connectivity index (χ4n) is 2.52. The number of halogens is 1. The fraction of sp³-hybridized carbons (Fsp3) is 0.158. The van der Waals surface area contributed by atoms with E-state index in [1.54, 1.807) is 18.6 Å². The lowest BCUT2D eigenvalue weighted by atomic mass is 10.1. The Morgan fingerprint density at radius 3 is 2.76 bits per heavy atom. The van der Waals surface area contributed by atoms with Crippen molar-refractivity contribution in [1.29, 1.82) is 0 Å². The molecule has 1 N–H and O–H groups in total. The number of hydrogen-bond donors (Lipinski definition) is 1. The van der Waals surface area contributed by atoms with Gasteiger partial charge in [0, 0.05) is 17.4 Å². The van der Waals surface area contributed by atoms with E-state index in [2.05, 4.69) is 10.3 Å². The third-order valence-electron chi connectivity index (χ3n) is 3.76. The van der Waals surface area contributed by atoms with Gasteiger partial charge in [-0.15, -0.1) is 0 Å². The number of nitrogens with one attached hydrogen (secondary N) is 1. The van der Waals surface area contributed by atoms with Crippen LogP contribution >= 0.6 is 11.6 Å². The number of nitrogens with zero attached hydrogens (tertiary/aromatic N) is 2. The van der Waals surface area contributed by atoms with Crippen LogP contribution in [-0.4, -0.2) is 22.1 Å². The molecule has 0 bridgehead atoms. The molecule has 0 saturated carbocycles. The van der Waals surface area contributed by atoms with Gasteiger partial charge in [-0.1, -0.05) is 41.9 Å². The van der Waals surface area contributed by atoms with Gasteiger partial charge in [-0.3, -0.25) is 4.79 Å². The van der Waals surface area contributed by atoms with E-state index in [0.29, 0.717) is 10.8 Å². The zero-order chi connectivity index (χ0) is 17.6. The molecule has 5 nitrogen and oxygen atoms in total. The van der Waals surface area contributed by atoms with Crippen LogP contribution in [0, 0.1) is 0 Å². The SMILES string of the molecule is CC(NC(=O)COc1ccccc1-n1ccnc1)c1ccccc1Cl. The maximum Gasteiger partial charge on any atom is 0.258 e. The van der Waals surface area contributed by atoms with Crippen molar-refractivity contribution in [2.75, 3.05) is 6.61 Å². The molecule has 0 aliphatic heterocycles. The molecular weight excluding hydrogens is 338 g/mol. The second-order valence-corrected chi connectivity index (χ2v) is 5.94. The summed E-state index contributed by atoms with van der Waals surface area (Å²) in [6.07, 6.45) is 5.19. The van der Waals surface area contributed by atoms with E-state index in [9.17, 15) is 4.79 Å². The van der Waals surface area contributed by atoms with Gasteiger partial charge >= 0.3 is 0 Å². The van der Waals surface area contributed by atoms with Gasteiger partial charge in [0.1, 0.15) is 5.75 Å². The topological polar surface area (TPSA) is 56.1 Å². The molecule has 0 aliphatic carbocycles. The molecule has 0 fully saturated rings. The van der Waals surface area contributed by atoms with E-state index < -0.39 is 0 Å². The van der Waals surface area contributed by atoms with Gasteiger partial charge in [-0.2, -0.15) is 0 Å². The monoisotopic (exact) mass is 355 g/mol. The first kappa shape index (κ1) is 17.0. The van der Waals surface area contributed by atoms with Crippen molar-refractivity contribution in [3.05, 3.63) is 77.8 Å². The standard InChI is InChI=1S/C19H18ClN3O2/c1-14(15-6-2-3-7-16(15)20)22-19(24)12-25-18-9-5-4-8-17(18)23-11-10-21-13-23/h2-11,13-14H,12H2,1H3,(H,22,24). The molecule has 6 heteroatoms. The molecule has 1 heterocycles. The normalized spacial score (nSPS) is 11.8. The van der Waals surface area contributed by atoms with E-state index in [4.69, 9.17) is 16.3 Å². The molecule has 0 radical (unpaired) electrons. The third-order valence-corrected chi connectivity index (χ3v) is 4.10. The Bertz CT molecular complexity index is 849. The number of ether oxygens (including phenoxy) is 1. The molecular formula is C19H18ClN3O2. The number of benzene rings is 2. The minimum Gasteiger partial charge on any atom is -0.482 e. The van der Waals surface area contributed by atoms with Crippen LogP contribution in [0.3, 0.4) is 0 Å². The molecule has 25 heavy (non-hydrogen) atoms. The summed E-state index contributed by atoms with van der Waals surface area (Å²) >= 11 is 6.16. The summed E-state index contributed by atoms with van der Waals surface area (Å²) in [6, 6.07) is 14.7. The first-order valence-electron chi connectivity index (χ1n) is 7.89. The molecule has 0 spiro atoms. The predicted octanol–water partition coefficient (Wildman–Crippen LogP) is 3.78. The second kappa shape index (κ2) is 7.85. The smallest absolute Gasteiger partial charge is 0.258 e. The van der Waals surface area contributed by atoms with E-state index in [-0.39, 0.29) is 18.6 Å². The summed E-state index contributed by atoms with van der Waals surface area (Å²) in [5.41, 5.74) is 1.70. The van der Waals surface area contributed by atoms with Crippen LogP contribution < -0.4 is 10.1 Å². The molecule has 0 saturated heterocycles. The Morgan fingerprint density at radius 2 is 2.00 bits per heavy atom. The Kier molecular flexibility index (Phi) is 5.36. The lowest BCUT2D eigenvalue weighted by Crippen LogP contribution is -2.31. The second-order valence-electron chi connectivity index (χ2n) is 5.54. The molecule has 1 amide bonds. The van der Waals surface area contributed by atoms with Gasteiger partial charge in [-0.05, 0) is 30.7 Å². The van der Waals surface area contributed by atoms with E-state index in [1.807, 2.05) is 60.2 Å². The Labute approximate surface area is 151 Å². The molecule has 3 aromatic rings. The molecule has 128 valence electrons.